The third-order valence-electron chi connectivity index (χ3n) is 3.96. The van der Waals surface area contributed by atoms with E-state index in [4.69, 9.17) is 4.18 Å². The maximum Gasteiger partial charge on any atom is 0.356 e. The molecule has 0 saturated carbocycles. The van der Waals surface area contributed by atoms with E-state index in [1.54, 1.807) is 26.1 Å². The molecule has 2 heterocycles. The molecular weight excluding hydrogens is 314 g/mol. The Hall–Kier alpha value is -2.02. The molecule has 0 radical (unpaired) electrons. The zero-order chi connectivity index (χ0) is 16.4. The molecule has 0 unspecified atom stereocenters. The zero-order valence-electron chi connectivity index (χ0n) is 13.4. The van der Waals surface area contributed by atoms with E-state index in [1.807, 2.05) is 12.1 Å². The van der Waals surface area contributed by atoms with Crippen LogP contribution in [0, 0.1) is 6.92 Å². The third-order valence-corrected chi connectivity index (χ3v) is 5.27. The van der Waals surface area contributed by atoms with Gasteiger partial charge in [-0.05, 0) is 38.3 Å². The summed E-state index contributed by atoms with van der Waals surface area (Å²) in [4.78, 5) is 2.26. The molecular formula is C16H21N3O3S. The van der Waals surface area contributed by atoms with E-state index in [0.717, 1.165) is 31.6 Å². The first-order valence-electron chi connectivity index (χ1n) is 7.76. The molecule has 23 heavy (non-hydrogen) atoms. The second-order valence-electron chi connectivity index (χ2n) is 5.83. The molecule has 3 rings (SSSR count). The van der Waals surface area contributed by atoms with Gasteiger partial charge in [0.05, 0.1) is 5.69 Å². The maximum absolute atomic E-state index is 12.4. The fourth-order valence-electron chi connectivity index (χ4n) is 2.87. The van der Waals surface area contributed by atoms with E-state index < -0.39 is 10.1 Å². The van der Waals surface area contributed by atoms with Gasteiger partial charge in [-0.25, -0.2) is 0 Å². The minimum absolute atomic E-state index is 0.0541. The van der Waals surface area contributed by atoms with Gasteiger partial charge in [0.25, 0.3) is 0 Å². The summed E-state index contributed by atoms with van der Waals surface area (Å²) in [5, 5.41) is 4.11. The van der Waals surface area contributed by atoms with Crippen LogP contribution in [0.5, 0.6) is 5.75 Å². The number of benzene rings is 1. The van der Waals surface area contributed by atoms with Crippen molar-refractivity contribution in [2.75, 3.05) is 18.0 Å². The predicted molar refractivity (Wildman–Crippen MR) is 88.3 cm³/mol. The number of piperidine rings is 1. The molecule has 0 spiro atoms. The van der Waals surface area contributed by atoms with Crippen LogP contribution in [0.3, 0.4) is 0 Å². The Labute approximate surface area is 136 Å². The van der Waals surface area contributed by atoms with Crippen LogP contribution in [0.1, 0.15) is 25.0 Å². The van der Waals surface area contributed by atoms with Crippen LogP contribution in [-0.2, 0) is 17.2 Å². The van der Waals surface area contributed by atoms with E-state index in [9.17, 15) is 8.42 Å². The number of aryl methyl sites for hydroxylation is 2. The van der Waals surface area contributed by atoms with Gasteiger partial charge in [-0.3, -0.25) is 4.68 Å². The smallest absolute Gasteiger partial charge is 0.356 e. The predicted octanol–water partition coefficient (Wildman–Crippen LogP) is 2.49. The standard InChI is InChI=1S/C16H21N3O3S/c1-13-11-16(18(2)17-13)23(20,21)22-15-8-6-7-14(12-15)19-9-4-3-5-10-19/h6-8,11-12H,3-5,9-10H2,1-2H3. The summed E-state index contributed by atoms with van der Waals surface area (Å²) < 4.78 is 31.5. The third kappa shape index (κ3) is 3.50. The van der Waals surface area contributed by atoms with Gasteiger partial charge in [-0.15, -0.1) is 0 Å². The first-order chi connectivity index (χ1) is 11.0. The molecule has 124 valence electrons. The minimum atomic E-state index is -3.89. The average Bonchev–Trinajstić information content (AvgIpc) is 2.88. The van der Waals surface area contributed by atoms with Gasteiger partial charge in [0, 0.05) is 38.0 Å². The lowest BCUT2D eigenvalue weighted by atomic mass is 10.1. The van der Waals surface area contributed by atoms with Crippen LogP contribution in [0.25, 0.3) is 0 Å². The van der Waals surface area contributed by atoms with Crippen LogP contribution in [0.2, 0.25) is 0 Å². The van der Waals surface area contributed by atoms with E-state index >= 15 is 0 Å². The molecule has 6 nitrogen and oxygen atoms in total. The maximum atomic E-state index is 12.4. The van der Waals surface area contributed by atoms with E-state index in [2.05, 4.69) is 10.00 Å². The molecule has 1 aromatic heterocycles. The fraction of sp³-hybridized carbons (Fsp3) is 0.438. The normalized spacial score (nSPS) is 15.7. The highest BCUT2D eigenvalue weighted by Gasteiger charge is 2.22. The lowest BCUT2D eigenvalue weighted by Crippen LogP contribution is -2.29. The van der Waals surface area contributed by atoms with E-state index in [0.29, 0.717) is 11.4 Å². The van der Waals surface area contributed by atoms with Crippen LogP contribution >= 0.6 is 0 Å². The van der Waals surface area contributed by atoms with Crippen LogP contribution in [0.15, 0.2) is 35.4 Å². The van der Waals surface area contributed by atoms with Crippen molar-refractivity contribution >= 4 is 15.8 Å². The molecule has 2 aromatic rings. The summed E-state index contributed by atoms with van der Waals surface area (Å²) in [6.45, 7) is 3.74. The topological polar surface area (TPSA) is 64.4 Å². The van der Waals surface area contributed by atoms with Crippen molar-refractivity contribution in [1.82, 2.24) is 9.78 Å². The molecule has 1 aliphatic rings. The highest BCUT2D eigenvalue weighted by Crippen LogP contribution is 2.26. The van der Waals surface area contributed by atoms with Crippen molar-refractivity contribution in [2.45, 2.75) is 31.2 Å². The molecule has 1 fully saturated rings. The summed E-state index contributed by atoms with van der Waals surface area (Å²) in [6.07, 6.45) is 3.58. The second kappa shape index (κ2) is 6.23. The van der Waals surface area contributed by atoms with Crippen molar-refractivity contribution in [3.63, 3.8) is 0 Å². The number of nitrogens with zero attached hydrogens (tertiary/aromatic N) is 3. The van der Waals surface area contributed by atoms with Crippen LogP contribution in [0.4, 0.5) is 5.69 Å². The summed E-state index contributed by atoms with van der Waals surface area (Å²) in [6, 6.07) is 8.76. The monoisotopic (exact) mass is 335 g/mol. The van der Waals surface area contributed by atoms with Crippen molar-refractivity contribution in [2.24, 2.45) is 7.05 Å². The lowest BCUT2D eigenvalue weighted by Gasteiger charge is -2.28. The Bertz CT molecular complexity index is 793. The molecule has 7 heteroatoms. The number of hydrogen-bond acceptors (Lipinski definition) is 5. The van der Waals surface area contributed by atoms with Crippen molar-refractivity contribution in [3.05, 3.63) is 36.0 Å². The lowest BCUT2D eigenvalue weighted by molar-refractivity contribution is 0.473. The largest absolute Gasteiger partial charge is 0.378 e. The van der Waals surface area contributed by atoms with Crippen molar-refractivity contribution < 1.29 is 12.6 Å². The molecule has 0 bridgehead atoms. The number of anilines is 1. The molecule has 0 amide bonds. The summed E-state index contributed by atoms with van der Waals surface area (Å²) in [7, 11) is -2.30. The van der Waals surface area contributed by atoms with Crippen molar-refractivity contribution in [3.8, 4) is 5.75 Å². The Balaban J connectivity index is 1.83. The van der Waals surface area contributed by atoms with Gasteiger partial charge in [0.15, 0.2) is 5.03 Å². The SMILES string of the molecule is Cc1cc(S(=O)(=O)Oc2cccc(N3CCCCC3)c2)n(C)n1. The molecule has 1 aliphatic heterocycles. The molecule has 0 aliphatic carbocycles. The van der Waals surface area contributed by atoms with Gasteiger partial charge >= 0.3 is 10.1 Å². The second-order valence-corrected chi connectivity index (χ2v) is 7.32. The quantitative estimate of drug-likeness (QED) is 0.803. The Morgan fingerprint density at radius 3 is 2.52 bits per heavy atom. The molecule has 1 saturated heterocycles. The van der Waals surface area contributed by atoms with Gasteiger partial charge < -0.3 is 9.08 Å². The summed E-state index contributed by atoms with van der Waals surface area (Å²) >= 11 is 0. The minimum Gasteiger partial charge on any atom is -0.378 e. The first kappa shape index (κ1) is 15.9. The highest BCUT2D eigenvalue weighted by molar-refractivity contribution is 7.87. The number of hydrogen-bond donors (Lipinski definition) is 0. The van der Waals surface area contributed by atoms with Gasteiger partial charge in [-0.1, -0.05) is 6.07 Å². The molecule has 0 N–H and O–H groups in total. The summed E-state index contributed by atoms with van der Waals surface area (Å²) in [5.74, 6) is 0.326. The van der Waals surface area contributed by atoms with Gasteiger partial charge in [-0.2, -0.15) is 13.5 Å². The molecule has 0 atom stereocenters. The molecule has 1 aromatic carbocycles. The zero-order valence-corrected chi connectivity index (χ0v) is 14.2. The van der Waals surface area contributed by atoms with Crippen LogP contribution in [-0.4, -0.2) is 31.3 Å². The summed E-state index contributed by atoms with van der Waals surface area (Å²) in [5.41, 5.74) is 1.63. The number of rotatable bonds is 4. The Morgan fingerprint density at radius 2 is 1.87 bits per heavy atom. The Kier molecular flexibility index (Phi) is 4.30. The van der Waals surface area contributed by atoms with E-state index in [1.165, 1.54) is 17.2 Å². The van der Waals surface area contributed by atoms with Crippen LogP contribution < -0.4 is 9.08 Å². The van der Waals surface area contributed by atoms with Crippen molar-refractivity contribution in [1.29, 1.82) is 0 Å². The van der Waals surface area contributed by atoms with E-state index in [-0.39, 0.29) is 5.03 Å². The van der Waals surface area contributed by atoms with Gasteiger partial charge in [0.1, 0.15) is 5.75 Å². The average molecular weight is 335 g/mol. The van der Waals surface area contributed by atoms with Gasteiger partial charge in [0.2, 0.25) is 0 Å². The Morgan fingerprint density at radius 1 is 1.13 bits per heavy atom. The highest BCUT2D eigenvalue weighted by atomic mass is 32.2. The fourth-order valence-corrected chi connectivity index (χ4v) is 4.00. The number of aromatic nitrogens is 2. The first-order valence-corrected chi connectivity index (χ1v) is 9.17.